The minimum Gasteiger partial charge on any atom is -0.491 e. The Balaban J connectivity index is 1.81. The van der Waals surface area contributed by atoms with E-state index < -0.39 is 29.0 Å². The highest BCUT2D eigenvalue weighted by atomic mass is 19.1. The lowest BCUT2D eigenvalue weighted by atomic mass is 10.0. The maximum Gasteiger partial charge on any atom is 0.274 e. The summed E-state index contributed by atoms with van der Waals surface area (Å²) in [5.41, 5.74) is 2.08. The highest BCUT2D eigenvalue weighted by Gasteiger charge is 2.45. The Morgan fingerprint density at radius 1 is 1.31 bits per heavy atom. The van der Waals surface area contributed by atoms with Crippen LogP contribution in [0.15, 0.2) is 23.0 Å². The number of rotatable bonds is 6. The summed E-state index contributed by atoms with van der Waals surface area (Å²) in [5, 5.41) is 2.51. The fourth-order valence-corrected chi connectivity index (χ4v) is 4.50. The number of aromatic nitrogens is 1. The van der Waals surface area contributed by atoms with Gasteiger partial charge in [-0.05, 0) is 19.4 Å². The van der Waals surface area contributed by atoms with E-state index in [9.17, 15) is 23.2 Å². The van der Waals surface area contributed by atoms with Gasteiger partial charge in [0.1, 0.15) is 17.2 Å². The topological polar surface area (TPSA) is 119 Å². The van der Waals surface area contributed by atoms with Crippen molar-refractivity contribution in [1.29, 1.82) is 0 Å². The summed E-state index contributed by atoms with van der Waals surface area (Å²) >= 11 is 0. The molecule has 3 heterocycles. The zero-order chi connectivity index (χ0) is 23.2. The molecule has 4 rings (SSSR count). The summed E-state index contributed by atoms with van der Waals surface area (Å²) in [6.45, 7) is 2.43. The smallest absolute Gasteiger partial charge is 0.274 e. The largest absolute Gasteiger partial charge is 0.491 e. The van der Waals surface area contributed by atoms with Gasteiger partial charge in [-0.25, -0.2) is 8.78 Å². The van der Waals surface area contributed by atoms with Gasteiger partial charge in [0, 0.05) is 31.3 Å². The van der Waals surface area contributed by atoms with Crippen LogP contribution in [0.2, 0.25) is 0 Å². The summed E-state index contributed by atoms with van der Waals surface area (Å²) < 4.78 is 34.0. The van der Waals surface area contributed by atoms with Crippen LogP contribution < -0.4 is 26.8 Å². The van der Waals surface area contributed by atoms with E-state index in [0.717, 1.165) is 6.07 Å². The number of benzene rings is 1. The van der Waals surface area contributed by atoms with E-state index in [-0.39, 0.29) is 41.1 Å². The van der Waals surface area contributed by atoms with Crippen LogP contribution >= 0.6 is 0 Å². The SMILES string of the molecule is CCN1C[C@H]2C[C@@H](NN)c3c(C(=O)NCc4ccc(F)cc4F)c(=O)c(OC)c(n32)C1=O. The standard InChI is InChI=1S/C21H23F2N5O4/c1-3-27-9-12-7-14(26-24)16-15(18(29)19(32-2)17(21(27)31)28(12)16)20(30)25-8-10-4-5-11(22)6-13(10)23/h4-6,12,14,26H,3,7-9,24H2,1-2H3,(H,25,30)/t12-,14-/m1/s1. The number of hydrazine groups is 1. The molecule has 0 spiro atoms. The summed E-state index contributed by atoms with van der Waals surface area (Å²) in [6, 6.07) is 2.25. The molecule has 0 saturated heterocycles. The third kappa shape index (κ3) is 3.33. The second kappa shape index (κ2) is 8.32. The van der Waals surface area contributed by atoms with E-state index in [2.05, 4.69) is 10.7 Å². The second-order valence-electron chi connectivity index (χ2n) is 7.71. The molecule has 0 bridgehead atoms. The molecule has 9 nitrogen and oxygen atoms in total. The van der Waals surface area contributed by atoms with Crippen molar-refractivity contribution in [2.45, 2.75) is 32.0 Å². The Bertz CT molecular complexity index is 1170. The van der Waals surface area contributed by atoms with Crippen LogP contribution in [0.5, 0.6) is 5.75 Å². The number of carbonyl (C=O) groups is 2. The van der Waals surface area contributed by atoms with E-state index in [0.29, 0.717) is 31.3 Å². The van der Waals surface area contributed by atoms with E-state index in [4.69, 9.17) is 10.6 Å². The number of nitrogens with two attached hydrogens (primary N) is 1. The highest BCUT2D eigenvalue weighted by Crippen LogP contribution is 2.41. The molecule has 0 aliphatic carbocycles. The number of pyridine rings is 1. The van der Waals surface area contributed by atoms with E-state index in [1.165, 1.54) is 13.2 Å². The zero-order valence-corrected chi connectivity index (χ0v) is 17.6. The number of halogens is 2. The predicted octanol–water partition coefficient (Wildman–Crippen LogP) is 0.990. The average molecular weight is 447 g/mol. The molecule has 0 radical (unpaired) electrons. The molecular formula is C21H23F2N5O4. The first-order chi connectivity index (χ1) is 15.3. The van der Waals surface area contributed by atoms with Crippen LogP contribution in [-0.2, 0) is 6.54 Å². The van der Waals surface area contributed by atoms with Crippen molar-refractivity contribution in [3.05, 3.63) is 62.6 Å². The van der Waals surface area contributed by atoms with E-state index in [1.807, 2.05) is 6.92 Å². The first kappa shape index (κ1) is 21.9. The summed E-state index contributed by atoms with van der Waals surface area (Å²) in [6.07, 6.45) is 0.465. The summed E-state index contributed by atoms with van der Waals surface area (Å²) in [5.74, 6) is 2.80. The minimum atomic E-state index is -0.818. The number of methoxy groups -OCH3 is 1. The lowest BCUT2D eigenvalue weighted by Crippen LogP contribution is -2.45. The minimum absolute atomic E-state index is 0.0568. The lowest BCUT2D eigenvalue weighted by molar-refractivity contribution is 0.0674. The monoisotopic (exact) mass is 447 g/mol. The fraction of sp³-hybridized carbons (Fsp3) is 0.381. The molecule has 170 valence electrons. The Labute approximate surface area is 182 Å². The maximum atomic E-state index is 14.0. The Morgan fingerprint density at radius 2 is 2.06 bits per heavy atom. The van der Waals surface area contributed by atoms with Gasteiger partial charge in [0.25, 0.3) is 11.8 Å². The Kier molecular flexibility index (Phi) is 5.70. The van der Waals surface area contributed by atoms with Crippen molar-refractivity contribution in [2.75, 3.05) is 20.2 Å². The summed E-state index contributed by atoms with van der Waals surface area (Å²) in [7, 11) is 1.26. The van der Waals surface area contributed by atoms with Gasteiger partial charge in [0.2, 0.25) is 5.43 Å². The average Bonchev–Trinajstić information content (AvgIpc) is 3.13. The Hall–Kier alpha value is -3.31. The van der Waals surface area contributed by atoms with E-state index in [1.54, 1.807) is 9.47 Å². The molecule has 2 atom stereocenters. The number of carbonyl (C=O) groups excluding carboxylic acids is 2. The molecule has 0 unspecified atom stereocenters. The number of nitrogens with zero attached hydrogens (tertiary/aromatic N) is 2. The van der Waals surface area contributed by atoms with Gasteiger partial charge in [0.05, 0.1) is 24.9 Å². The van der Waals surface area contributed by atoms with Crippen LogP contribution in [0, 0.1) is 11.6 Å². The van der Waals surface area contributed by atoms with Crippen molar-refractivity contribution in [3.8, 4) is 5.75 Å². The molecule has 2 amide bonds. The number of hydrogen-bond donors (Lipinski definition) is 3. The lowest BCUT2D eigenvalue weighted by Gasteiger charge is -2.34. The van der Waals surface area contributed by atoms with Crippen LogP contribution in [0.3, 0.4) is 0 Å². The molecule has 2 aliphatic heterocycles. The van der Waals surface area contributed by atoms with Crippen molar-refractivity contribution in [1.82, 2.24) is 20.2 Å². The second-order valence-corrected chi connectivity index (χ2v) is 7.71. The van der Waals surface area contributed by atoms with Crippen LogP contribution in [0.25, 0.3) is 0 Å². The number of hydrogen-bond acceptors (Lipinski definition) is 6. The van der Waals surface area contributed by atoms with Gasteiger partial charge in [-0.3, -0.25) is 25.7 Å². The molecule has 1 aromatic carbocycles. The quantitative estimate of drug-likeness (QED) is 0.449. The van der Waals surface area contributed by atoms with Gasteiger partial charge in [-0.2, -0.15) is 0 Å². The third-order valence-corrected chi connectivity index (χ3v) is 6.00. The first-order valence-corrected chi connectivity index (χ1v) is 10.2. The zero-order valence-electron chi connectivity index (χ0n) is 17.6. The van der Waals surface area contributed by atoms with Crippen molar-refractivity contribution in [3.63, 3.8) is 0 Å². The first-order valence-electron chi connectivity index (χ1n) is 10.2. The van der Waals surface area contributed by atoms with Crippen molar-refractivity contribution < 1.29 is 23.1 Å². The highest BCUT2D eigenvalue weighted by molar-refractivity contribution is 6.00. The maximum absolute atomic E-state index is 14.0. The Morgan fingerprint density at radius 3 is 2.69 bits per heavy atom. The molecule has 0 saturated carbocycles. The number of nitrogens with one attached hydrogen (secondary N) is 2. The normalized spacial score (nSPS) is 19.2. The van der Waals surface area contributed by atoms with Gasteiger partial charge >= 0.3 is 0 Å². The molecule has 11 heteroatoms. The molecule has 2 aliphatic rings. The third-order valence-electron chi connectivity index (χ3n) is 6.00. The number of likely N-dealkylation sites (N-methyl/N-ethyl adjacent to an activating group) is 1. The molecule has 4 N–H and O–H groups in total. The van der Waals surface area contributed by atoms with Gasteiger partial charge in [-0.15, -0.1) is 0 Å². The molecule has 2 aromatic rings. The molecule has 1 aromatic heterocycles. The fourth-order valence-electron chi connectivity index (χ4n) is 4.50. The van der Waals surface area contributed by atoms with Crippen LogP contribution in [0.1, 0.15) is 57.5 Å². The van der Waals surface area contributed by atoms with Crippen LogP contribution in [0.4, 0.5) is 8.78 Å². The van der Waals surface area contributed by atoms with Gasteiger partial charge in [-0.1, -0.05) is 6.07 Å². The molecule has 0 fully saturated rings. The van der Waals surface area contributed by atoms with Crippen LogP contribution in [-0.4, -0.2) is 41.5 Å². The number of amides is 2. The van der Waals surface area contributed by atoms with E-state index >= 15 is 0 Å². The summed E-state index contributed by atoms with van der Waals surface area (Å²) in [4.78, 5) is 41.0. The molecule has 32 heavy (non-hydrogen) atoms. The van der Waals surface area contributed by atoms with Crippen molar-refractivity contribution in [2.24, 2.45) is 5.84 Å². The predicted molar refractivity (Wildman–Crippen MR) is 110 cm³/mol. The van der Waals surface area contributed by atoms with Gasteiger partial charge < -0.3 is 19.5 Å². The number of ether oxygens (including phenoxy) is 1. The van der Waals surface area contributed by atoms with Gasteiger partial charge in [0.15, 0.2) is 11.4 Å². The molecular weight excluding hydrogens is 424 g/mol. The van der Waals surface area contributed by atoms with Crippen molar-refractivity contribution >= 4 is 11.8 Å².